The molecule has 1 aliphatic rings. The van der Waals surface area contributed by atoms with Gasteiger partial charge >= 0.3 is 0 Å². The maximum atomic E-state index is 13.1. The summed E-state index contributed by atoms with van der Waals surface area (Å²) < 4.78 is 8.25. The van der Waals surface area contributed by atoms with Gasteiger partial charge in [-0.15, -0.1) is 0 Å². The lowest BCUT2D eigenvalue weighted by atomic mass is 10.1. The summed E-state index contributed by atoms with van der Waals surface area (Å²) in [5.74, 6) is 2.03. The van der Waals surface area contributed by atoms with Gasteiger partial charge in [-0.05, 0) is 56.2 Å². The molecule has 0 saturated carbocycles. The normalized spacial score (nSPS) is 16.0. The second-order valence-electron chi connectivity index (χ2n) is 8.92. The van der Waals surface area contributed by atoms with Crippen molar-refractivity contribution in [1.29, 1.82) is 0 Å². The summed E-state index contributed by atoms with van der Waals surface area (Å²) in [5, 5.41) is 0. The maximum Gasteiger partial charge on any atom is 0.227 e. The van der Waals surface area contributed by atoms with E-state index in [1.807, 2.05) is 41.3 Å². The van der Waals surface area contributed by atoms with E-state index in [0.717, 1.165) is 39.4 Å². The van der Waals surface area contributed by atoms with Crippen molar-refractivity contribution in [3.63, 3.8) is 0 Å². The Morgan fingerprint density at radius 2 is 1.67 bits per heavy atom. The van der Waals surface area contributed by atoms with Crippen LogP contribution in [0.5, 0.6) is 5.75 Å². The third-order valence-electron chi connectivity index (χ3n) is 6.49. The summed E-state index contributed by atoms with van der Waals surface area (Å²) >= 11 is 0. The summed E-state index contributed by atoms with van der Waals surface area (Å²) in [6.07, 6.45) is 0.468. The molecule has 1 saturated heterocycles. The van der Waals surface area contributed by atoms with Crippen molar-refractivity contribution in [3.8, 4) is 5.75 Å². The van der Waals surface area contributed by atoms with Gasteiger partial charge in [0.25, 0.3) is 0 Å². The Kier molecular flexibility index (Phi) is 5.63. The van der Waals surface area contributed by atoms with Crippen molar-refractivity contribution in [2.45, 2.75) is 39.7 Å². The summed E-state index contributed by atoms with van der Waals surface area (Å²) in [7, 11) is 0. The molecule has 2 heterocycles. The lowest BCUT2D eigenvalue weighted by Gasteiger charge is -2.21. The fourth-order valence-corrected chi connectivity index (χ4v) is 4.86. The minimum Gasteiger partial charge on any atom is -0.492 e. The Labute approximate surface area is 194 Å². The fraction of sp³-hybridized carbons (Fsp3) is 0.286. The van der Waals surface area contributed by atoms with Crippen molar-refractivity contribution in [1.82, 2.24) is 9.55 Å². The number of fused-ring (bicyclic) bond motifs is 1. The Morgan fingerprint density at radius 1 is 0.939 bits per heavy atom. The molecule has 5 rings (SSSR count). The molecule has 1 amide bonds. The molecule has 1 aromatic heterocycles. The Bertz CT molecular complexity index is 1290. The first-order chi connectivity index (χ1) is 16.0. The van der Waals surface area contributed by atoms with Crippen LogP contribution in [-0.2, 0) is 11.3 Å². The number of amides is 1. The second kappa shape index (κ2) is 8.74. The Morgan fingerprint density at radius 3 is 2.42 bits per heavy atom. The van der Waals surface area contributed by atoms with Gasteiger partial charge in [0, 0.05) is 24.6 Å². The van der Waals surface area contributed by atoms with Gasteiger partial charge in [0.1, 0.15) is 18.2 Å². The van der Waals surface area contributed by atoms with Crippen LogP contribution < -0.4 is 9.64 Å². The summed E-state index contributed by atoms with van der Waals surface area (Å²) in [6.45, 7) is 8.07. The molecular weight excluding hydrogens is 410 g/mol. The smallest absolute Gasteiger partial charge is 0.227 e. The van der Waals surface area contributed by atoms with Crippen LogP contribution in [0.3, 0.4) is 0 Å². The van der Waals surface area contributed by atoms with Crippen LogP contribution in [0.1, 0.15) is 34.9 Å². The van der Waals surface area contributed by atoms with Crippen molar-refractivity contribution in [2.24, 2.45) is 0 Å². The number of aryl methyl sites for hydroxylation is 3. The quantitative estimate of drug-likeness (QED) is 0.395. The van der Waals surface area contributed by atoms with E-state index in [9.17, 15) is 4.79 Å². The van der Waals surface area contributed by atoms with Crippen LogP contribution in [0.15, 0.2) is 66.7 Å². The predicted molar refractivity (Wildman–Crippen MR) is 132 cm³/mol. The van der Waals surface area contributed by atoms with Gasteiger partial charge in [-0.25, -0.2) is 4.98 Å². The van der Waals surface area contributed by atoms with E-state index < -0.39 is 0 Å². The van der Waals surface area contributed by atoms with Gasteiger partial charge in [0.2, 0.25) is 5.91 Å². The van der Waals surface area contributed by atoms with E-state index in [1.54, 1.807) is 0 Å². The van der Waals surface area contributed by atoms with E-state index in [-0.39, 0.29) is 11.8 Å². The average molecular weight is 440 g/mol. The molecule has 0 bridgehead atoms. The number of benzene rings is 3. The molecule has 0 N–H and O–H groups in total. The first-order valence-electron chi connectivity index (χ1n) is 11.5. The van der Waals surface area contributed by atoms with Gasteiger partial charge in [-0.3, -0.25) is 4.79 Å². The third kappa shape index (κ3) is 4.11. The van der Waals surface area contributed by atoms with Crippen LogP contribution >= 0.6 is 0 Å². The zero-order valence-corrected chi connectivity index (χ0v) is 19.4. The van der Waals surface area contributed by atoms with Gasteiger partial charge < -0.3 is 14.2 Å². The summed E-state index contributed by atoms with van der Waals surface area (Å²) in [5.41, 5.74) is 6.55. The number of carbonyl (C=O) groups excluding carboxylic acids is 1. The maximum absolute atomic E-state index is 13.1. The van der Waals surface area contributed by atoms with E-state index >= 15 is 0 Å². The van der Waals surface area contributed by atoms with Gasteiger partial charge in [-0.2, -0.15) is 0 Å². The van der Waals surface area contributed by atoms with E-state index in [1.165, 1.54) is 5.56 Å². The lowest BCUT2D eigenvalue weighted by Crippen LogP contribution is -2.26. The number of ether oxygens (including phenoxy) is 1. The number of nitrogens with zero attached hydrogens (tertiary/aromatic N) is 3. The van der Waals surface area contributed by atoms with Crippen LogP contribution in [-0.4, -0.2) is 28.6 Å². The largest absolute Gasteiger partial charge is 0.492 e. The molecule has 5 nitrogen and oxygen atoms in total. The minimum atomic E-state index is 0.0447. The predicted octanol–water partition coefficient (Wildman–Crippen LogP) is 5.56. The average Bonchev–Trinajstić information content (AvgIpc) is 3.36. The third-order valence-corrected chi connectivity index (χ3v) is 6.49. The number of anilines is 1. The van der Waals surface area contributed by atoms with Gasteiger partial charge in [0.15, 0.2) is 0 Å². The van der Waals surface area contributed by atoms with Crippen LogP contribution in [0.4, 0.5) is 5.69 Å². The van der Waals surface area contributed by atoms with Crippen molar-refractivity contribution < 1.29 is 9.53 Å². The lowest BCUT2D eigenvalue weighted by molar-refractivity contribution is -0.117. The van der Waals surface area contributed by atoms with Crippen LogP contribution in [0, 0.1) is 20.8 Å². The first-order valence-corrected chi connectivity index (χ1v) is 11.5. The zero-order valence-electron chi connectivity index (χ0n) is 19.4. The SMILES string of the molecule is Cc1ccc(OCCn2c(C3CC(=O)N(c4c(C)cccc4C)C3)nc3ccccc32)cc1. The number of imidazole rings is 1. The number of carbonyl (C=O) groups is 1. The Balaban J connectivity index is 1.42. The Hall–Kier alpha value is -3.60. The fourth-order valence-electron chi connectivity index (χ4n) is 4.86. The van der Waals surface area contributed by atoms with Crippen LogP contribution in [0.25, 0.3) is 11.0 Å². The molecule has 1 aliphatic heterocycles. The molecule has 0 spiro atoms. The molecule has 4 aromatic rings. The number of aromatic nitrogens is 2. The zero-order chi connectivity index (χ0) is 22.9. The molecule has 0 radical (unpaired) electrons. The molecule has 1 unspecified atom stereocenters. The standard InChI is InChI=1S/C28H29N3O2/c1-19-11-13-23(14-12-19)33-16-15-30-25-10-5-4-9-24(25)29-28(30)22-17-26(32)31(18-22)27-20(2)7-6-8-21(27)3/h4-14,22H,15-18H2,1-3H3. The highest BCUT2D eigenvalue weighted by atomic mass is 16.5. The highest BCUT2D eigenvalue weighted by Crippen LogP contribution is 2.36. The number of rotatable bonds is 6. The molecule has 5 heteroatoms. The molecule has 3 aromatic carbocycles. The first kappa shape index (κ1) is 21.3. The second-order valence-corrected chi connectivity index (χ2v) is 8.92. The summed E-state index contributed by atoms with van der Waals surface area (Å²) in [4.78, 5) is 20.0. The highest BCUT2D eigenvalue weighted by Gasteiger charge is 2.35. The molecule has 33 heavy (non-hydrogen) atoms. The molecule has 0 aliphatic carbocycles. The van der Waals surface area contributed by atoms with Crippen LogP contribution in [0.2, 0.25) is 0 Å². The van der Waals surface area contributed by atoms with E-state index in [2.05, 4.69) is 55.7 Å². The highest BCUT2D eigenvalue weighted by molar-refractivity contribution is 5.98. The van der Waals surface area contributed by atoms with Gasteiger partial charge in [-0.1, -0.05) is 48.0 Å². The van der Waals surface area contributed by atoms with E-state index in [4.69, 9.17) is 9.72 Å². The monoisotopic (exact) mass is 439 g/mol. The van der Waals surface area contributed by atoms with Crippen molar-refractivity contribution >= 4 is 22.6 Å². The number of para-hydroxylation sites is 3. The minimum absolute atomic E-state index is 0.0447. The molecule has 168 valence electrons. The molecular formula is C28H29N3O2. The topological polar surface area (TPSA) is 47.4 Å². The van der Waals surface area contributed by atoms with Gasteiger partial charge in [0.05, 0.1) is 17.6 Å². The number of hydrogen-bond acceptors (Lipinski definition) is 3. The van der Waals surface area contributed by atoms with Crippen molar-refractivity contribution in [3.05, 3.63) is 89.2 Å². The molecule has 1 fully saturated rings. The van der Waals surface area contributed by atoms with Crippen molar-refractivity contribution in [2.75, 3.05) is 18.1 Å². The summed E-state index contributed by atoms with van der Waals surface area (Å²) in [6, 6.07) is 22.5. The molecule has 1 atom stereocenters. The number of hydrogen-bond donors (Lipinski definition) is 0. The van der Waals surface area contributed by atoms with E-state index in [0.29, 0.717) is 26.1 Å².